The summed E-state index contributed by atoms with van der Waals surface area (Å²) < 4.78 is 6.68. The summed E-state index contributed by atoms with van der Waals surface area (Å²) in [6, 6.07) is 0. The van der Waals surface area contributed by atoms with Crippen molar-refractivity contribution in [1.82, 2.24) is 0 Å². The predicted octanol–water partition coefficient (Wildman–Crippen LogP) is 6.20. The highest BCUT2D eigenvalue weighted by molar-refractivity contribution is 5.66. The lowest BCUT2D eigenvalue weighted by molar-refractivity contribution is -0.212. The Morgan fingerprint density at radius 3 is 2.00 bits per heavy atom. The number of carboxylic acids is 1. The van der Waals surface area contributed by atoms with E-state index in [1.54, 1.807) is 0 Å². The molecule has 0 aromatic carbocycles. The summed E-state index contributed by atoms with van der Waals surface area (Å²) in [6.45, 7) is 17.2. The number of aliphatic carboxylic acids is 1. The fourth-order valence-electron chi connectivity index (χ4n) is 10.4. The van der Waals surface area contributed by atoms with Gasteiger partial charge >= 0.3 is 5.97 Å². The molecule has 5 heteroatoms. The van der Waals surface area contributed by atoms with Crippen LogP contribution in [0.1, 0.15) is 120 Å². The average Bonchev–Trinajstić information content (AvgIpc) is 3.28. The zero-order chi connectivity index (χ0) is 26.2. The van der Waals surface area contributed by atoms with Gasteiger partial charge in [0.1, 0.15) is 0 Å². The predicted molar refractivity (Wildman–Crippen MR) is 138 cm³/mol. The summed E-state index contributed by atoms with van der Waals surface area (Å²) in [6.07, 6.45) is 9.27. The Kier molecular flexibility index (Phi) is 6.60. The van der Waals surface area contributed by atoms with E-state index < -0.39 is 17.2 Å². The monoisotopic (exact) mass is 492 g/mol. The van der Waals surface area contributed by atoms with Crippen molar-refractivity contribution in [1.29, 1.82) is 0 Å². The number of hydrogen-bond acceptors (Lipinski definition) is 4. The number of fused-ring (bicyclic) bond motifs is 3. The van der Waals surface area contributed by atoms with Crippen molar-refractivity contribution < 1.29 is 24.9 Å². The van der Waals surface area contributed by atoms with Crippen LogP contribution in [-0.4, -0.2) is 44.2 Å². The summed E-state index contributed by atoms with van der Waals surface area (Å²) in [5.41, 5.74) is -1.73. The highest BCUT2D eigenvalue weighted by Crippen LogP contribution is 2.74. The van der Waals surface area contributed by atoms with E-state index in [1.807, 2.05) is 27.7 Å². The second-order valence-corrected chi connectivity index (χ2v) is 15.0. The first-order valence-electron chi connectivity index (χ1n) is 14.2. The van der Waals surface area contributed by atoms with Crippen molar-refractivity contribution in [3.63, 3.8) is 0 Å². The number of carbonyl (C=O) groups is 1. The molecule has 4 fully saturated rings. The van der Waals surface area contributed by atoms with Gasteiger partial charge in [-0.3, -0.25) is 4.79 Å². The molecular formula is C30H52O5. The molecule has 3 saturated carbocycles. The number of hydrogen-bond donors (Lipinski definition) is 3. The number of aliphatic hydroxyl groups is 2. The van der Waals surface area contributed by atoms with Crippen LogP contribution in [0.15, 0.2) is 0 Å². The van der Waals surface area contributed by atoms with E-state index in [9.17, 15) is 20.1 Å². The molecule has 9 unspecified atom stereocenters. The van der Waals surface area contributed by atoms with Crippen LogP contribution in [-0.2, 0) is 9.53 Å². The molecule has 0 aromatic rings. The van der Waals surface area contributed by atoms with Crippen molar-refractivity contribution in [2.24, 2.45) is 39.9 Å². The Balaban J connectivity index is 1.65. The van der Waals surface area contributed by atoms with Gasteiger partial charge in [0.15, 0.2) is 0 Å². The number of carboxylic acid groups (broad SMARTS) is 1. The third kappa shape index (κ3) is 4.20. The Hall–Kier alpha value is -0.650. The fraction of sp³-hybridized carbons (Fsp3) is 0.967. The van der Waals surface area contributed by atoms with E-state index >= 15 is 0 Å². The van der Waals surface area contributed by atoms with Gasteiger partial charge < -0.3 is 20.1 Å². The molecule has 0 bridgehead atoms. The lowest BCUT2D eigenvalue weighted by Gasteiger charge is -2.67. The average molecular weight is 493 g/mol. The maximum atomic E-state index is 11.7. The second-order valence-electron chi connectivity index (χ2n) is 15.0. The Morgan fingerprint density at radius 2 is 1.46 bits per heavy atom. The number of ether oxygens (including phenoxy) is 1. The van der Waals surface area contributed by atoms with Gasteiger partial charge in [-0.05, 0) is 132 Å². The van der Waals surface area contributed by atoms with Crippen LogP contribution in [0, 0.1) is 39.9 Å². The molecule has 9 atom stereocenters. The summed E-state index contributed by atoms with van der Waals surface area (Å²) in [5, 5.41) is 31.4. The third-order valence-electron chi connectivity index (χ3n) is 12.3. The molecular weight excluding hydrogens is 440 g/mol. The zero-order valence-corrected chi connectivity index (χ0v) is 23.6. The maximum absolute atomic E-state index is 11.7. The Labute approximate surface area is 213 Å². The smallest absolute Gasteiger partial charge is 0.303 e. The molecule has 35 heavy (non-hydrogen) atoms. The van der Waals surface area contributed by atoms with Gasteiger partial charge in [0, 0.05) is 6.42 Å². The van der Waals surface area contributed by atoms with E-state index in [4.69, 9.17) is 4.74 Å². The molecule has 0 spiro atoms. The molecule has 0 amide bonds. The molecule has 3 N–H and O–H groups in total. The van der Waals surface area contributed by atoms with Gasteiger partial charge in [0.05, 0.1) is 22.9 Å². The molecule has 4 aliphatic rings. The highest BCUT2D eigenvalue weighted by atomic mass is 16.5. The van der Waals surface area contributed by atoms with Crippen molar-refractivity contribution in [2.75, 3.05) is 0 Å². The quantitative estimate of drug-likeness (QED) is 0.411. The number of rotatable bonds is 6. The second kappa shape index (κ2) is 8.43. The summed E-state index contributed by atoms with van der Waals surface area (Å²) in [4.78, 5) is 11.7. The normalized spacial score (nSPS) is 48.5. The van der Waals surface area contributed by atoms with Crippen molar-refractivity contribution >= 4 is 5.97 Å². The van der Waals surface area contributed by atoms with Crippen molar-refractivity contribution in [2.45, 2.75) is 143 Å². The molecule has 3 aliphatic carbocycles. The van der Waals surface area contributed by atoms with Crippen molar-refractivity contribution in [3.8, 4) is 0 Å². The van der Waals surface area contributed by atoms with Crippen LogP contribution < -0.4 is 0 Å². The molecule has 0 aromatic heterocycles. The standard InChI is InChI=1S/C30H52O5/c1-25(2,33)21-12-17-29(7)22(27(21,5)15-14-24(31)32)10-9-19-20(11-16-28(19,29)6)30(8)18-13-23(35-30)26(3,4)34/h19-23,33-34H,9-18H2,1-8H3,(H,31,32). The van der Waals surface area contributed by atoms with Crippen LogP contribution in [0.2, 0.25) is 0 Å². The third-order valence-corrected chi connectivity index (χ3v) is 12.3. The molecule has 1 heterocycles. The van der Waals surface area contributed by atoms with Crippen LogP contribution in [0.25, 0.3) is 0 Å². The zero-order valence-electron chi connectivity index (χ0n) is 23.6. The van der Waals surface area contributed by atoms with Crippen LogP contribution in [0.3, 0.4) is 0 Å². The first kappa shape index (κ1) is 27.4. The van der Waals surface area contributed by atoms with Gasteiger partial charge in [-0.1, -0.05) is 20.8 Å². The molecule has 0 radical (unpaired) electrons. The summed E-state index contributed by atoms with van der Waals surface area (Å²) in [5.74, 6) is 0.849. The van der Waals surface area contributed by atoms with Crippen LogP contribution in [0.5, 0.6) is 0 Å². The van der Waals surface area contributed by atoms with E-state index in [0.29, 0.717) is 24.2 Å². The van der Waals surface area contributed by atoms with Gasteiger partial charge in [-0.2, -0.15) is 0 Å². The molecule has 1 aliphatic heterocycles. The topological polar surface area (TPSA) is 87.0 Å². The minimum Gasteiger partial charge on any atom is -0.481 e. The summed E-state index contributed by atoms with van der Waals surface area (Å²) in [7, 11) is 0. The molecule has 202 valence electrons. The van der Waals surface area contributed by atoms with E-state index in [-0.39, 0.29) is 40.3 Å². The van der Waals surface area contributed by atoms with E-state index in [0.717, 1.165) is 38.5 Å². The van der Waals surface area contributed by atoms with Crippen LogP contribution >= 0.6 is 0 Å². The van der Waals surface area contributed by atoms with Gasteiger partial charge in [-0.25, -0.2) is 0 Å². The first-order chi connectivity index (χ1) is 15.9. The molecule has 4 rings (SSSR count). The lowest BCUT2D eigenvalue weighted by Crippen LogP contribution is -2.62. The van der Waals surface area contributed by atoms with Gasteiger partial charge in [-0.15, -0.1) is 0 Å². The van der Waals surface area contributed by atoms with Crippen LogP contribution in [0.4, 0.5) is 0 Å². The van der Waals surface area contributed by atoms with Crippen molar-refractivity contribution in [3.05, 3.63) is 0 Å². The highest BCUT2D eigenvalue weighted by Gasteiger charge is 2.69. The SMILES string of the molecule is CC(C)(O)C1CCC(C)(C2CCC3(C)C2CCC2C(C)(CCC(=O)O)C(C(C)(C)O)CCC23C)O1. The largest absolute Gasteiger partial charge is 0.481 e. The molecule has 5 nitrogen and oxygen atoms in total. The van der Waals surface area contributed by atoms with Gasteiger partial charge in [0.25, 0.3) is 0 Å². The lowest BCUT2D eigenvalue weighted by atomic mass is 9.37. The van der Waals surface area contributed by atoms with Gasteiger partial charge in [0.2, 0.25) is 0 Å². The maximum Gasteiger partial charge on any atom is 0.303 e. The minimum absolute atomic E-state index is 0.104. The Morgan fingerprint density at radius 1 is 0.829 bits per heavy atom. The van der Waals surface area contributed by atoms with E-state index in [2.05, 4.69) is 27.7 Å². The molecule has 1 saturated heterocycles. The van der Waals surface area contributed by atoms with E-state index in [1.165, 1.54) is 12.8 Å². The Bertz CT molecular complexity index is 826. The summed E-state index contributed by atoms with van der Waals surface area (Å²) >= 11 is 0. The first-order valence-corrected chi connectivity index (χ1v) is 14.2. The fourth-order valence-corrected chi connectivity index (χ4v) is 10.4. The minimum atomic E-state index is -0.818.